The molecule has 1 unspecified atom stereocenters. The fourth-order valence-electron chi connectivity index (χ4n) is 2.87. The molecular formula is C17H21ClN4O2. The standard InChI is InChI=1S/C17H21ClN4O2/c18-15-8-16(22-17(19)21-15)20-14(9-23)12-6-13(7-12)24-10-11-4-2-1-3-5-11/h1-5,8,12-14,23H,6-7,9-10H2,(H3,19,20,21,22). The van der Waals surface area contributed by atoms with Crippen LogP contribution in [0.5, 0.6) is 0 Å². The van der Waals surface area contributed by atoms with Gasteiger partial charge in [0.1, 0.15) is 11.0 Å². The molecule has 0 radical (unpaired) electrons. The van der Waals surface area contributed by atoms with Crippen LogP contribution in [0.25, 0.3) is 0 Å². The van der Waals surface area contributed by atoms with E-state index in [4.69, 9.17) is 22.1 Å². The normalized spacial score (nSPS) is 21.1. The molecule has 6 nitrogen and oxygen atoms in total. The Kier molecular flexibility index (Phi) is 5.50. The van der Waals surface area contributed by atoms with Crippen LogP contribution in [0, 0.1) is 5.92 Å². The molecule has 1 aromatic carbocycles. The number of aliphatic hydroxyl groups excluding tert-OH is 1. The van der Waals surface area contributed by atoms with E-state index in [0.717, 1.165) is 12.8 Å². The molecule has 0 aliphatic heterocycles. The van der Waals surface area contributed by atoms with E-state index in [1.54, 1.807) is 6.07 Å². The number of nitrogens with one attached hydrogen (secondary N) is 1. The lowest BCUT2D eigenvalue weighted by molar-refractivity contribution is -0.0484. The molecule has 1 heterocycles. The second kappa shape index (κ2) is 7.79. The summed E-state index contributed by atoms with van der Waals surface area (Å²) in [5, 5.41) is 13.1. The molecule has 4 N–H and O–H groups in total. The van der Waals surface area contributed by atoms with Gasteiger partial charge in [-0.1, -0.05) is 41.9 Å². The summed E-state index contributed by atoms with van der Waals surface area (Å²) in [7, 11) is 0. The van der Waals surface area contributed by atoms with Crippen LogP contribution in [0.15, 0.2) is 36.4 Å². The van der Waals surface area contributed by atoms with Gasteiger partial charge in [0.2, 0.25) is 5.95 Å². The maximum atomic E-state index is 9.64. The van der Waals surface area contributed by atoms with Gasteiger partial charge in [-0.25, -0.2) is 4.98 Å². The highest BCUT2D eigenvalue weighted by Gasteiger charge is 2.35. The second-order valence-electron chi connectivity index (χ2n) is 6.02. The summed E-state index contributed by atoms with van der Waals surface area (Å²) < 4.78 is 5.90. The number of ether oxygens (including phenoxy) is 1. The molecule has 1 aromatic heterocycles. The molecule has 1 aliphatic carbocycles. The average Bonchev–Trinajstić information content (AvgIpc) is 2.52. The van der Waals surface area contributed by atoms with Gasteiger partial charge in [0.15, 0.2) is 0 Å². The Hall–Kier alpha value is -1.89. The number of nitrogen functional groups attached to an aromatic ring is 1. The van der Waals surface area contributed by atoms with Gasteiger partial charge in [0.05, 0.1) is 25.4 Å². The summed E-state index contributed by atoms with van der Waals surface area (Å²) in [5.41, 5.74) is 6.76. The number of hydrogen-bond acceptors (Lipinski definition) is 6. The predicted octanol–water partition coefficient (Wildman–Crippen LogP) is 2.48. The lowest BCUT2D eigenvalue weighted by Gasteiger charge is -2.40. The Bertz CT molecular complexity index is 645. The zero-order chi connectivity index (χ0) is 16.9. The highest BCUT2D eigenvalue weighted by molar-refractivity contribution is 6.29. The minimum atomic E-state index is -0.105. The van der Waals surface area contributed by atoms with Crippen LogP contribution < -0.4 is 11.1 Å². The van der Waals surface area contributed by atoms with Crippen molar-refractivity contribution in [1.29, 1.82) is 0 Å². The molecule has 1 fully saturated rings. The maximum Gasteiger partial charge on any atom is 0.223 e. The molecule has 1 atom stereocenters. The number of nitrogens with zero attached hydrogens (tertiary/aromatic N) is 2. The zero-order valence-electron chi connectivity index (χ0n) is 13.2. The van der Waals surface area contributed by atoms with Crippen LogP contribution in [-0.4, -0.2) is 33.8 Å². The highest BCUT2D eigenvalue weighted by atomic mass is 35.5. The Morgan fingerprint density at radius 1 is 1.29 bits per heavy atom. The summed E-state index contributed by atoms with van der Waals surface area (Å²) >= 11 is 5.87. The number of nitrogens with two attached hydrogens (primary N) is 1. The lowest BCUT2D eigenvalue weighted by Crippen LogP contribution is -2.44. The maximum absolute atomic E-state index is 9.64. The van der Waals surface area contributed by atoms with E-state index in [1.807, 2.05) is 18.2 Å². The highest BCUT2D eigenvalue weighted by Crippen LogP contribution is 2.34. The number of aromatic nitrogens is 2. The van der Waals surface area contributed by atoms with Gasteiger partial charge < -0.3 is 20.9 Å². The van der Waals surface area contributed by atoms with E-state index in [1.165, 1.54) is 5.56 Å². The number of aliphatic hydroxyl groups is 1. The van der Waals surface area contributed by atoms with Gasteiger partial charge in [-0.2, -0.15) is 4.98 Å². The topological polar surface area (TPSA) is 93.3 Å². The molecule has 0 saturated heterocycles. The van der Waals surface area contributed by atoms with E-state index < -0.39 is 0 Å². The number of hydrogen-bond donors (Lipinski definition) is 3. The predicted molar refractivity (Wildman–Crippen MR) is 93.7 cm³/mol. The van der Waals surface area contributed by atoms with Crippen LogP contribution >= 0.6 is 11.6 Å². The van der Waals surface area contributed by atoms with Crippen LogP contribution in [-0.2, 0) is 11.3 Å². The third kappa shape index (κ3) is 4.35. The minimum Gasteiger partial charge on any atom is -0.394 e. The van der Waals surface area contributed by atoms with E-state index in [2.05, 4.69) is 27.4 Å². The monoisotopic (exact) mass is 348 g/mol. The van der Waals surface area contributed by atoms with Crippen LogP contribution in [0.2, 0.25) is 5.15 Å². The Morgan fingerprint density at radius 2 is 2.04 bits per heavy atom. The van der Waals surface area contributed by atoms with Crippen molar-refractivity contribution in [3.63, 3.8) is 0 Å². The van der Waals surface area contributed by atoms with Crippen molar-refractivity contribution in [1.82, 2.24) is 9.97 Å². The van der Waals surface area contributed by atoms with E-state index in [-0.39, 0.29) is 29.9 Å². The van der Waals surface area contributed by atoms with Crippen LogP contribution in [0.4, 0.5) is 11.8 Å². The number of rotatable bonds is 7. The Morgan fingerprint density at radius 3 is 2.71 bits per heavy atom. The molecule has 2 aromatic rings. The Labute approximate surface area is 146 Å². The molecule has 24 heavy (non-hydrogen) atoms. The van der Waals surface area contributed by atoms with Crippen molar-refractivity contribution in [2.75, 3.05) is 17.7 Å². The summed E-state index contributed by atoms with van der Waals surface area (Å²) in [6, 6.07) is 11.6. The van der Waals surface area contributed by atoms with Crippen molar-refractivity contribution in [2.45, 2.75) is 31.6 Å². The van der Waals surface area contributed by atoms with Crippen molar-refractivity contribution < 1.29 is 9.84 Å². The lowest BCUT2D eigenvalue weighted by atomic mass is 9.77. The Balaban J connectivity index is 1.48. The number of benzene rings is 1. The first kappa shape index (κ1) is 17.0. The SMILES string of the molecule is Nc1nc(Cl)cc(NC(CO)C2CC(OCc3ccccc3)C2)n1. The van der Waals surface area contributed by atoms with Gasteiger partial charge in [-0.15, -0.1) is 0 Å². The summed E-state index contributed by atoms with van der Waals surface area (Å²) in [6.45, 7) is 0.630. The average molecular weight is 349 g/mol. The quantitative estimate of drug-likeness (QED) is 0.666. The first-order chi connectivity index (χ1) is 11.6. The molecule has 128 valence electrons. The van der Waals surface area contributed by atoms with Crippen molar-refractivity contribution in [3.05, 3.63) is 47.1 Å². The minimum absolute atomic E-state index is 0.0115. The third-order valence-corrected chi connectivity index (χ3v) is 4.46. The van der Waals surface area contributed by atoms with E-state index >= 15 is 0 Å². The van der Waals surface area contributed by atoms with Crippen molar-refractivity contribution >= 4 is 23.4 Å². The molecule has 1 saturated carbocycles. The first-order valence-electron chi connectivity index (χ1n) is 7.97. The van der Waals surface area contributed by atoms with Gasteiger partial charge in [0, 0.05) is 6.07 Å². The summed E-state index contributed by atoms with van der Waals surface area (Å²) in [4.78, 5) is 7.91. The molecule has 0 bridgehead atoms. The van der Waals surface area contributed by atoms with Gasteiger partial charge in [-0.05, 0) is 24.3 Å². The molecular weight excluding hydrogens is 328 g/mol. The van der Waals surface area contributed by atoms with Gasteiger partial charge >= 0.3 is 0 Å². The fraction of sp³-hybridized carbons (Fsp3) is 0.412. The molecule has 0 spiro atoms. The number of anilines is 2. The van der Waals surface area contributed by atoms with E-state index in [0.29, 0.717) is 18.3 Å². The third-order valence-electron chi connectivity index (χ3n) is 4.27. The molecule has 7 heteroatoms. The smallest absolute Gasteiger partial charge is 0.223 e. The summed E-state index contributed by atoms with van der Waals surface area (Å²) in [5.74, 6) is 0.963. The number of halogens is 1. The largest absolute Gasteiger partial charge is 0.394 e. The van der Waals surface area contributed by atoms with Crippen molar-refractivity contribution in [3.8, 4) is 0 Å². The second-order valence-corrected chi connectivity index (χ2v) is 6.40. The first-order valence-corrected chi connectivity index (χ1v) is 8.35. The van der Waals surface area contributed by atoms with Crippen LogP contribution in [0.1, 0.15) is 18.4 Å². The van der Waals surface area contributed by atoms with Crippen molar-refractivity contribution in [2.24, 2.45) is 5.92 Å². The molecule has 0 amide bonds. The summed E-state index contributed by atoms with van der Waals surface area (Å²) in [6.07, 6.45) is 2.03. The fourth-order valence-corrected chi connectivity index (χ4v) is 3.06. The van der Waals surface area contributed by atoms with Gasteiger partial charge in [-0.3, -0.25) is 0 Å². The van der Waals surface area contributed by atoms with Crippen LogP contribution in [0.3, 0.4) is 0 Å². The molecule has 3 rings (SSSR count). The van der Waals surface area contributed by atoms with Gasteiger partial charge in [0.25, 0.3) is 0 Å². The molecule has 1 aliphatic rings. The van der Waals surface area contributed by atoms with E-state index in [9.17, 15) is 5.11 Å². The zero-order valence-corrected chi connectivity index (χ0v) is 14.0.